The van der Waals surface area contributed by atoms with E-state index in [1.807, 2.05) is 0 Å². The smallest absolute Gasteiger partial charge is 0.243 e. The quantitative estimate of drug-likeness (QED) is 0.907. The van der Waals surface area contributed by atoms with Gasteiger partial charge in [-0.25, -0.2) is 12.8 Å². The summed E-state index contributed by atoms with van der Waals surface area (Å²) in [5.41, 5.74) is 6.57. The van der Waals surface area contributed by atoms with Crippen LogP contribution in [0.1, 0.15) is 24.8 Å². The zero-order chi connectivity index (χ0) is 15.2. The summed E-state index contributed by atoms with van der Waals surface area (Å²) < 4.78 is 40.4. The molecule has 2 aliphatic rings. The maximum absolute atomic E-state index is 13.4. The fourth-order valence-corrected chi connectivity index (χ4v) is 5.40. The van der Waals surface area contributed by atoms with Crippen LogP contribution in [0.15, 0.2) is 23.1 Å². The van der Waals surface area contributed by atoms with Gasteiger partial charge in [0.25, 0.3) is 0 Å². The number of benzene rings is 1. The summed E-state index contributed by atoms with van der Waals surface area (Å²) >= 11 is 0. The zero-order valence-electron chi connectivity index (χ0n) is 12.1. The van der Waals surface area contributed by atoms with Crippen molar-refractivity contribution in [3.05, 3.63) is 29.6 Å². The van der Waals surface area contributed by atoms with E-state index in [-0.39, 0.29) is 10.9 Å². The Balaban J connectivity index is 1.88. The third kappa shape index (κ3) is 2.72. The standard InChI is InChI=1S/C15H21FN2O2S/c1-10-2-4-13(16)7-15(10)21(19,20)18-8-11-3-5-14(17)6-12(11)9-18/h2,4,7,11-12,14H,3,5-6,8-9,17H2,1H3/t11-,12+,14?/m1/s1. The number of sulfonamides is 1. The third-order valence-corrected chi connectivity index (χ3v) is 6.80. The predicted molar refractivity (Wildman–Crippen MR) is 78.7 cm³/mol. The van der Waals surface area contributed by atoms with Crippen molar-refractivity contribution in [1.29, 1.82) is 0 Å². The lowest BCUT2D eigenvalue weighted by atomic mass is 9.79. The SMILES string of the molecule is Cc1ccc(F)cc1S(=O)(=O)N1C[C@H]2CCC(N)C[C@H]2C1. The molecule has 1 unspecified atom stereocenters. The highest BCUT2D eigenvalue weighted by Gasteiger charge is 2.42. The van der Waals surface area contributed by atoms with Crippen LogP contribution in [0, 0.1) is 24.6 Å². The van der Waals surface area contributed by atoms with Crippen LogP contribution < -0.4 is 5.73 Å². The molecule has 0 radical (unpaired) electrons. The maximum Gasteiger partial charge on any atom is 0.243 e. The van der Waals surface area contributed by atoms with Crippen molar-refractivity contribution in [2.75, 3.05) is 13.1 Å². The Morgan fingerprint density at radius 1 is 1.24 bits per heavy atom. The summed E-state index contributed by atoms with van der Waals surface area (Å²) in [7, 11) is -3.62. The molecule has 1 saturated heterocycles. The molecule has 2 N–H and O–H groups in total. The van der Waals surface area contributed by atoms with Crippen LogP contribution in [0.25, 0.3) is 0 Å². The topological polar surface area (TPSA) is 63.4 Å². The molecule has 1 saturated carbocycles. The number of nitrogens with zero attached hydrogens (tertiary/aromatic N) is 1. The van der Waals surface area contributed by atoms with E-state index in [2.05, 4.69) is 0 Å². The van der Waals surface area contributed by atoms with Crippen molar-refractivity contribution in [3.8, 4) is 0 Å². The Kier molecular flexibility index (Phi) is 3.80. The fraction of sp³-hybridized carbons (Fsp3) is 0.600. The normalized spacial score (nSPS) is 30.3. The first kappa shape index (κ1) is 14.9. The molecule has 2 fully saturated rings. The van der Waals surface area contributed by atoms with Crippen molar-refractivity contribution in [2.24, 2.45) is 17.6 Å². The molecule has 1 aromatic rings. The van der Waals surface area contributed by atoms with Crippen LogP contribution >= 0.6 is 0 Å². The van der Waals surface area contributed by atoms with Gasteiger partial charge in [-0.1, -0.05) is 6.07 Å². The summed E-state index contributed by atoms with van der Waals surface area (Å²) in [6, 6.07) is 4.11. The molecule has 1 heterocycles. The Bertz CT molecular complexity index is 647. The summed E-state index contributed by atoms with van der Waals surface area (Å²) in [6.45, 7) is 2.75. The fourth-order valence-electron chi connectivity index (χ4n) is 3.61. The number of hydrogen-bond acceptors (Lipinski definition) is 3. The summed E-state index contributed by atoms with van der Waals surface area (Å²) in [4.78, 5) is 0.0884. The number of nitrogens with two attached hydrogens (primary N) is 1. The van der Waals surface area contributed by atoms with Gasteiger partial charge in [0.15, 0.2) is 0 Å². The average molecular weight is 312 g/mol. The predicted octanol–water partition coefficient (Wildman–Crippen LogP) is 1.88. The molecule has 3 rings (SSSR count). The lowest BCUT2D eigenvalue weighted by Gasteiger charge is -2.28. The molecule has 6 heteroatoms. The molecule has 0 bridgehead atoms. The second-order valence-electron chi connectivity index (χ2n) is 6.33. The minimum absolute atomic E-state index is 0.0884. The Morgan fingerprint density at radius 2 is 1.95 bits per heavy atom. The lowest BCUT2D eigenvalue weighted by molar-refractivity contribution is 0.271. The molecule has 0 aromatic heterocycles. The number of fused-ring (bicyclic) bond motifs is 1. The van der Waals surface area contributed by atoms with E-state index >= 15 is 0 Å². The monoisotopic (exact) mass is 312 g/mol. The van der Waals surface area contributed by atoms with Crippen molar-refractivity contribution in [1.82, 2.24) is 4.31 Å². The highest BCUT2D eigenvalue weighted by Crippen LogP contribution is 2.38. The van der Waals surface area contributed by atoms with Crippen LogP contribution in [-0.2, 0) is 10.0 Å². The molecule has 116 valence electrons. The van der Waals surface area contributed by atoms with Crippen molar-refractivity contribution < 1.29 is 12.8 Å². The lowest BCUT2D eigenvalue weighted by Crippen LogP contribution is -2.32. The van der Waals surface area contributed by atoms with Crippen LogP contribution in [0.4, 0.5) is 4.39 Å². The van der Waals surface area contributed by atoms with E-state index in [0.29, 0.717) is 30.5 Å². The van der Waals surface area contributed by atoms with Crippen molar-refractivity contribution in [3.63, 3.8) is 0 Å². The largest absolute Gasteiger partial charge is 0.328 e. The first-order valence-electron chi connectivity index (χ1n) is 7.40. The van der Waals surface area contributed by atoms with Gasteiger partial charge in [-0.05, 0) is 55.7 Å². The molecule has 1 aliphatic heterocycles. The summed E-state index contributed by atoms with van der Waals surface area (Å²) in [5, 5.41) is 0. The first-order valence-corrected chi connectivity index (χ1v) is 8.84. The Morgan fingerprint density at radius 3 is 2.71 bits per heavy atom. The van der Waals surface area contributed by atoms with E-state index in [9.17, 15) is 12.8 Å². The van der Waals surface area contributed by atoms with Gasteiger partial charge in [0.1, 0.15) is 5.82 Å². The second kappa shape index (κ2) is 5.34. The zero-order valence-corrected chi connectivity index (χ0v) is 12.9. The number of hydrogen-bond donors (Lipinski definition) is 1. The van der Waals surface area contributed by atoms with E-state index < -0.39 is 15.8 Å². The Hall–Kier alpha value is -0.980. The number of rotatable bonds is 2. The third-order valence-electron chi connectivity index (χ3n) is 4.82. The Labute approximate surface area is 125 Å². The molecule has 21 heavy (non-hydrogen) atoms. The molecule has 1 aliphatic carbocycles. The minimum Gasteiger partial charge on any atom is -0.328 e. The highest BCUT2D eigenvalue weighted by atomic mass is 32.2. The maximum atomic E-state index is 13.4. The minimum atomic E-state index is -3.62. The molecule has 0 amide bonds. The molecule has 1 aromatic carbocycles. The van der Waals surface area contributed by atoms with Gasteiger partial charge in [0.05, 0.1) is 4.90 Å². The van der Waals surface area contributed by atoms with E-state index in [1.165, 1.54) is 16.4 Å². The number of aryl methyl sites for hydroxylation is 1. The molecule has 0 spiro atoms. The van der Waals surface area contributed by atoms with Crippen LogP contribution in [0.3, 0.4) is 0 Å². The number of halogens is 1. The highest BCUT2D eigenvalue weighted by molar-refractivity contribution is 7.89. The molecular weight excluding hydrogens is 291 g/mol. The van der Waals surface area contributed by atoms with Crippen LogP contribution in [0.5, 0.6) is 0 Å². The van der Waals surface area contributed by atoms with Gasteiger partial charge in [-0.3, -0.25) is 0 Å². The van der Waals surface area contributed by atoms with Crippen LogP contribution in [0.2, 0.25) is 0 Å². The summed E-state index contributed by atoms with van der Waals surface area (Å²) in [6.07, 6.45) is 2.84. The van der Waals surface area contributed by atoms with Gasteiger partial charge in [0.2, 0.25) is 10.0 Å². The van der Waals surface area contributed by atoms with Gasteiger partial charge >= 0.3 is 0 Å². The average Bonchev–Trinajstić information content (AvgIpc) is 2.85. The molecular formula is C15H21FN2O2S. The van der Waals surface area contributed by atoms with Crippen molar-refractivity contribution >= 4 is 10.0 Å². The van der Waals surface area contributed by atoms with Gasteiger partial charge in [-0.2, -0.15) is 4.31 Å². The van der Waals surface area contributed by atoms with Gasteiger partial charge in [-0.15, -0.1) is 0 Å². The van der Waals surface area contributed by atoms with Gasteiger partial charge < -0.3 is 5.73 Å². The summed E-state index contributed by atoms with van der Waals surface area (Å²) in [5.74, 6) is 0.226. The van der Waals surface area contributed by atoms with E-state index in [0.717, 1.165) is 25.3 Å². The van der Waals surface area contributed by atoms with Crippen LogP contribution in [-0.4, -0.2) is 31.9 Å². The van der Waals surface area contributed by atoms with Gasteiger partial charge in [0, 0.05) is 19.1 Å². The molecule has 4 nitrogen and oxygen atoms in total. The molecule has 3 atom stereocenters. The van der Waals surface area contributed by atoms with E-state index in [1.54, 1.807) is 6.92 Å². The second-order valence-corrected chi connectivity index (χ2v) is 8.23. The van der Waals surface area contributed by atoms with Crippen molar-refractivity contribution in [2.45, 2.75) is 37.1 Å². The first-order chi connectivity index (χ1) is 9.88. The van der Waals surface area contributed by atoms with E-state index in [4.69, 9.17) is 5.73 Å².